The predicted octanol–water partition coefficient (Wildman–Crippen LogP) is 1.68. The average molecular weight is 231 g/mol. The van der Waals surface area contributed by atoms with Gasteiger partial charge in [0.25, 0.3) is 0 Å². The molecule has 4 nitrogen and oxygen atoms in total. The molecule has 0 radical (unpaired) electrons. The Kier molecular flexibility index (Phi) is 2.52. The van der Waals surface area contributed by atoms with E-state index in [1.54, 1.807) is 5.01 Å². The van der Waals surface area contributed by atoms with Crippen LogP contribution in [0.3, 0.4) is 0 Å². The summed E-state index contributed by atoms with van der Waals surface area (Å²) in [6, 6.07) is 7.78. The normalized spacial score (nSPS) is 25.1. The monoisotopic (exact) mass is 231 g/mol. The van der Waals surface area contributed by atoms with Crippen molar-refractivity contribution in [3.8, 4) is 0 Å². The molecule has 1 saturated heterocycles. The molecule has 1 aliphatic heterocycles. The molecule has 3 rings (SSSR count). The smallest absolute Gasteiger partial charge is 0.243 e. The summed E-state index contributed by atoms with van der Waals surface area (Å²) < 4.78 is 0. The van der Waals surface area contributed by atoms with Crippen LogP contribution in [0.1, 0.15) is 25.7 Å². The number of carbonyl (C=O) groups is 1. The number of para-hydroxylation sites is 2. The van der Waals surface area contributed by atoms with Gasteiger partial charge in [0.2, 0.25) is 5.91 Å². The van der Waals surface area contributed by atoms with E-state index in [1.165, 1.54) is 19.3 Å². The molecule has 1 unspecified atom stereocenters. The van der Waals surface area contributed by atoms with E-state index in [0.29, 0.717) is 24.1 Å². The topological polar surface area (TPSA) is 58.4 Å². The largest absolute Gasteiger partial charge is 0.397 e. The van der Waals surface area contributed by atoms with Gasteiger partial charge in [0.15, 0.2) is 0 Å². The standard InChI is InChI=1S/C13H17N3O/c14-10-6-1-2-7-12(10)16-13(17)8-11(15-16)9-4-3-5-9/h1-2,6-7,9,11,15H,3-5,8,14H2. The van der Waals surface area contributed by atoms with Crippen molar-refractivity contribution in [3.63, 3.8) is 0 Å². The zero-order valence-corrected chi connectivity index (χ0v) is 9.73. The molecule has 17 heavy (non-hydrogen) atoms. The van der Waals surface area contributed by atoms with Crippen LogP contribution in [-0.4, -0.2) is 11.9 Å². The van der Waals surface area contributed by atoms with E-state index in [9.17, 15) is 4.79 Å². The molecule has 3 N–H and O–H groups in total. The summed E-state index contributed by atoms with van der Waals surface area (Å²) in [5.74, 6) is 0.786. The van der Waals surface area contributed by atoms with E-state index in [4.69, 9.17) is 5.73 Å². The maximum Gasteiger partial charge on any atom is 0.243 e. The number of hydrogen-bond acceptors (Lipinski definition) is 3. The highest BCUT2D eigenvalue weighted by Crippen LogP contribution is 2.35. The van der Waals surface area contributed by atoms with E-state index in [0.717, 1.165) is 5.69 Å². The third kappa shape index (κ3) is 1.78. The van der Waals surface area contributed by atoms with Crippen LogP contribution in [0.15, 0.2) is 24.3 Å². The predicted molar refractivity (Wildman–Crippen MR) is 67.2 cm³/mol. The molecule has 1 heterocycles. The molecule has 1 aliphatic carbocycles. The Hall–Kier alpha value is -1.55. The third-order valence-corrected chi connectivity index (χ3v) is 3.84. The summed E-state index contributed by atoms with van der Waals surface area (Å²) in [7, 11) is 0. The third-order valence-electron chi connectivity index (χ3n) is 3.84. The van der Waals surface area contributed by atoms with Gasteiger partial charge in [0.05, 0.1) is 11.4 Å². The molecule has 1 atom stereocenters. The van der Waals surface area contributed by atoms with Crippen LogP contribution in [-0.2, 0) is 4.79 Å². The van der Waals surface area contributed by atoms with Crippen molar-refractivity contribution in [1.29, 1.82) is 0 Å². The Bertz CT molecular complexity index is 442. The number of carbonyl (C=O) groups excluding carboxylic acids is 1. The van der Waals surface area contributed by atoms with Gasteiger partial charge in [0, 0.05) is 12.5 Å². The lowest BCUT2D eigenvalue weighted by Gasteiger charge is -2.31. The molecule has 1 amide bonds. The van der Waals surface area contributed by atoms with Crippen LogP contribution in [0, 0.1) is 5.92 Å². The van der Waals surface area contributed by atoms with Gasteiger partial charge in [-0.1, -0.05) is 18.6 Å². The number of rotatable bonds is 2. The van der Waals surface area contributed by atoms with Gasteiger partial charge in [-0.15, -0.1) is 0 Å². The zero-order valence-electron chi connectivity index (χ0n) is 9.73. The molecule has 2 fully saturated rings. The Morgan fingerprint density at radius 2 is 2.06 bits per heavy atom. The fraction of sp³-hybridized carbons (Fsp3) is 0.462. The van der Waals surface area contributed by atoms with Gasteiger partial charge < -0.3 is 5.73 Å². The van der Waals surface area contributed by atoms with Crippen molar-refractivity contribution in [3.05, 3.63) is 24.3 Å². The summed E-state index contributed by atoms with van der Waals surface area (Å²) in [4.78, 5) is 12.0. The first-order valence-electron chi connectivity index (χ1n) is 6.19. The zero-order chi connectivity index (χ0) is 11.8. The van der Waals surface area contributed by atoms with Gasteiger partial charge in [-0.3, -0.25) is 4.79 Å². The first-order chi connectivity index (χ1) is 8.25. The Balaban J connectivity index is 1.80. The van der Waals surface area contributed by atoms with Crippen molar-refractivity contribution >= 4 is 17.3 Å². The number of nitrogens with two attached hydrogens (primary N) is 1. The van der Waals surface area contributed by atoms with E-state index < -0.39 is 0 Å². The van der Waals surface area contributed by atoms with Crippen molar-refractivity contribution in [2.45, 2.75) is 31.7 Å². The number of anilines is 2. The Morgan fingerprint density at radius 1 is 1.29 bits per heavy atom. The fourth-order valence-electron chi connectivity index (χ4n) is 2.57. The van der Waals surface area contributed by atoms with E-state index in [2.05, 4.69) is 5.43 Å². The minimum absolute atomic E-state index is 0.125. The highest BCUT2D eigenvalue weighted by atomic mass is 16.2. The lowest BCUT2D eigenvalue weighted by molar-refractivity contribution is -0.117. The SMILES string of the molecule is Nc1ccccc1N1NC(C2CCC2)CC1=O. The van der Waals surface area contributed by atoms with Crippen molar-refractivity contribution in [2.24, 2.45) is 5.92 Å². The fourth-order valence-corrected chi connectivity index (χ4v) is 2.57. The van der Waals surface area contributed by atoms with E-state index >= 15 is 0 Å². The van der Waals surface area contributed by atoms with E-state index in [-0.39, 0.29) is 5.91 Å². The van der Waals surface area contributed by atoms with E-state index in [1.807, 2.05) is 24.3 Å². The lowest BCUT2D eigenvalue weighted by Crippen LogP contribution is -2.42. The summed E-state index contributed by atoms with van der Waals surface area (Å²) in [6.45, 7) is 0. The van der Waals surface area contributed by atoms with Crippen LogP contribution in [0.4, 0.5) is 11.4 Å². The highest BCUT2D eigenvalue weighted by Gasteiger charge is 2.37. The van der Waals surface area contributed by atoms with Crippen molar-refractivity contribution in [1.82, 2.24) is 5.43 Å². The minimum atomic E-state index is 0.125. The number of hydrogen-bond donors (Lipinski definition) is 2. The second-order valence-corrected chi connectivity index (χ2v) is 4.92. The number of nitrogens with zero attached hydrogens (tertiary/aromatic N) is 1. The molecule has 90 valence electrons. The molecule has 1 aromatic carbocycles. The van der Waals surface area contributed by atoms with Crippen LogP contribution in [0.5, 0.6) is 0 Å². The first kappa shape index (κ1) is 10.6. The molecular weight excluding hydrogens is 214 g/mol. The van der Waals surface area contributed by atoms with Gasteiger partial charge >= 0.3 is 0 Å². The van der Waals surface area contributed by atoms with Gasteiger partial charge in [-0.05, 0) is 30.9 Å². The summed E-state index contributed by atoms with van der Waals surface area (Å²) in [5, 5.41) is 1.62. The number of nitrogens with one attached hydrogen (secondary N) is 1. The molecule has 1 aromatic rings. The highest BCUT2D eigenvalue weighted by molar-refractivity contribution is 5.97. The first-order valence-corrected chi connectivity index (χ1v) is 6.19. The molecular formula is C13H17N3O. The molecule has 0 aromatic heterocycles. The van der Waals surface area contributed by atoms with Crippen LogP contribution in [0.2, 0.25) is 0 Å². The van der Waals surface area contributed by atoms with Crippen molar-refractivity contribution in [2.75, 3.05) is 10.7 Å². The summed E-state index contributed by atoms with van der Waals surface area (Å²) >= 11 is 0. The van der Waals surface area contributed by atoms with Gasteiger partial charge in [-0.2, -0.15) is 0 Å². The molecule has 2 aliphatic rings. The summed E-state index contributed by atoms with van der Waals surface area (Å²) in [6.07, 6.45) is 4.37. The average Bonchev–Trinajstić information content (AvgIpc) is 2.58. The number of benzene rings is 1. The Morgan fingerprint density at radius 3 is 2.71 bits per heavy atom. The molecule has 0 spiro atoms. The van der Waals surface area contributed by atoms with Gasteiger partial charge in [-0.25, -0.2) is 10.4 Å². The van der Waals surface area contributed by atoms with Crippen LogP contribution < -0.4 is 16.2 Å². The number of amides is 1. The number of hydrazine groups is 1. The van der Waals surface area contributed by atoms with Crippen LogP contribution in [0.25, 0.3) is 0 Å². The van der Waals surface area contributed by atoms with Crippen LogP contribution >= 0.6 is 0 Å². The maximum absolute atomic E-state index is 12.0. The molecule has 4 heteroatoms. The lowest BCUT2D eigenvalue weighted by atomic mass is 9.79. The van der Waals surface area contributed by atoms with Crippen molar-refractivity contribution < 1.29 is 4.79 Å². The Labute approximate surface area is 101 Å². The molecule has 1 saturated carbocycles. The maximum atomic E-state index is 12.0. The van der Waals surface area contributed by atoms with Gasteiger partial charge in [0.1, 0.15) is 0 Å². The minimum Gasteiger partial charge on any atom is -0.397 e. The molecule has 0 bridgehead atoms. The summed E-state index contributed by atoms with van der Waals surface area (Å²) in [5.41, 5.74) is 10.6. The quantitative estimate of drug-likeness (QED) is 0.761. The number of nitrogen functional groups attached to an aromatic ring is 1. The second-order valence-electron chi connectivity index (χ2n) is 4.92. The second kappa shape index (κ2) is 4.04.